The predicted molar refractivity (Wildman–Crippen MR) is 58.4 cm³/mol. The summed E-state index contributed by atoms with van der Waals surface area (Å²) in [5.74, 6) is -0.321. The van der Waals surface area contributed by atoms with Gasteiger partial charge in [-0.25, -0.2) is 10.4 Å². The van der Waals surface area contributed by atoms with E-state index in [1.807, 2.05) is 0 Å². The highest BCUT2D eigenvalue weighted by Gasteiger charge is 2.05. The minimum atomic E-state index is -1.01. The summed E-state index contributed by atoms with van der Waals surface area (Å²) in [5, 5.41) is 26.6. The monoisotopic (exact) mass is 241 g/mol. The van der Waals surface area contributed by atoms with E-state index in [9.17, 15) is 10.0 Å². The Morgan fingerprint density at radius 1 is 1.35 bits per heavy atom. The second-order valence-corrected chi connectivity index (χ2v) is 3.53. The molecule has 1 unspecified atom stereocenters. The molecule has 1 aromatic carbocycles. The molecule has 0 amide bonds. The van der Waals surface area contributed by atoms with E-state index in [2.05, 4.69) is 0 Å². The first-order valence-corrected chi connectivity index (χ1v) is 5.23. The number of rotatable bonds is 6. The number of benzene rings is 1. The van der Waals surface area contributed by atoms with Gasteiger partial charge in [-0.15, -0.1) is 0 Å². The highest BCUT2D eigenvalue weighted by molar-refractivity contribution is 5.69. The van der Waals surface area contributed by atoms with Crippen LogP contribution in [0.25, 0.3) is 0 Å². The lowest BCUT2D eigenvalue weighted by molar-refractivity contribution is -1.05. The summed E-state index contributed by atoms with van der Waals surface area (Å²) >= 11 is 0. The van der Waals surface area contributed by atoms with Crippen LogP contribution >= 0.6 is 0 Å². The van der Waals surface area contributed by atoms with E-state index in [1.165, 1.54) is 0 Å². The van der Waals surface area contributed by atoms with Gasteiger partial charge in [-0.2, -0.15) is 0 Å². The topological polar surface area (TPSA) is 94.3 Å². The quantitative estimate of drug-likeness (QED) is 0.467. The highest BCUT2D eigenvalue weighted by atomic mass is 16.8. The molecule has 0 saturated heterocycles. The first-order valence-electron chi connectivity index (χ1n) is 5.23. The van der Waals surface area contributed by atoms with Crippen LogP contribution in [0.1, 0.15) is 12.0 Å². The molecule has 0 aliphatic carbocycles. The summed E-state index contributed by atoms with van der Waals surface area (Å²) in [6.07, 6.45) is 0.435. The van der Waals surface area contributed by atoms with E-state index in [1.54, 1.807) is 24.3 Å². The van der Waals surface area contributed by atoms with Gasteiger partial charge in [0.25, 0.3) is 0 Å². The lowest BCUT2D eigenvalue weighted by atomic mass is 10.1. The molecule has 0 saturated carbocycles. The minimum absolute atomic E-state index is 0.106. The lowest BCUT2D eigenvalue weighted by Gasteiger charge is -2.11. The van der Waals surface area contributed by atoms with Gasteiger partial charge in [0.1, 0.15) is 12.3 Å². The summed E-state index contributed by atoms with van der Waals surface area (Å²) in [7, 11) is 0. The molecule has 3 N–H and O–H groups in total. The first-order chi connectivity index (χ1) is 8.08. The third kappa shape index (κ3) is 5.86. The second-order valence-electron chi connectivity index (χ2n) is 3.53. The Labute approximate surface area is 98.6 Å². The molecule has 6 heteroatoms. The minimum Gasteiger partial charge on any atom is -0.600 e. The van der Waals surface area contributed by atoms with Crippen molar-refractivity contribution in [3.63, 3.8) is 0 Å². The first kappa shape index (κ1) is 13.4. The van der Waals surface area contributed by atoms with E-state index in [4.69, 9.17) is 15.1 Å². The fourth-order valence-electron chi connectivity index (χ4n) is 1.23. The molecule has 0 bridgehead atoms. The Bertz CT molecular complexity index is 349. The van der Waals surface area contributed by atoms with Gasteiger partial charge < -0.3 is 15.1 Å². The van der Waals surface area contributed by atoms with Crippen molar-refractivity contribution in [2.75, 3.05) is 13.2 Å². The molecule has 6 nitrogen and oxygen atoms in total. The van der Waals surface area contributed by atoms with Gasteiger partial charge in [0, 0.05) is 6.42 Å². The van der Waals surface area contributed by atoms with Crippen molar-refractivity contribution in [1.29, 1.82) is 0 Å². The molecule has 1 rings (SSSR count). The van der Waals surface area contributed by atoms with Crippen molar-refractivity contribution in [2.24, 2.45) is 0 Å². The number of aromatic hydroxyl groups is 1. The number of ether oxygens (including phenoxy) is 1. The Balaban J connectivity index is 2.19. The van der Waals surface area contributed by atoms with Crippen molar-refractivity contribution in [1.82, 2.24) is 0 Å². The number of phenolic OH excluding ortho intramolecular Hbond substituents is 1. The van der Waals surface area contributed by atoms with Gasteiger partial charge in [-0.3, -0.25) is 4.79 Å². The van der Waals surface area contributed by atoms with Gasteiger partial charge in [0.2, 0.25) is 0 Å². The number of hydroxylamine groups is 2. The third-order valence-corrected chi connectivity index (χ3v) is 2.13. The van der Waals surface area contributed by atoms with Crippen LogP contribution in [0.15, 0.2) is 24.3 Å². The molecule has 0 heterocycles. The summed E-state index contributed by atoms with van der Waals surface area (Å²) in [4.78, 5) is 11.1. The maximum Gasteiger partial charge on any atom is 0.311 e. The number of esters is 1. The van der Waals surface area contributed by atoms with E-state index in [0.29, 0.717) is 6.42 Å². The largest absolute Gasteiger partial charge is 0.600 e. The smallest absolute Gasteiger partial charge is 0.311 e. The van der Waals surface area contributed by atoms with Crippen LogP contribution in [0.4, 0.5) is 0 Å². The average molecular weight is 241 g/mol. The SMILES string of the molecule is O=C(CC[NH+]([O-])O)OCCc1ccc(O)cc1. The number of hydrogen-bond acceptors (Lipinski definition) is 5. The number of carbonyl (C=O) groups excluding carboxylic acids is 1. The number of nitrogens with one attached hydrogen (secondary N) is 1. The van der Waals surface area contributed by atoms with Gasteiger partial charge in [0.15, 0.2) is 0 Å². The molecule has 1 aromatic rings. The Hall–Kier alpha value is -1.63. The molecule has 0 fully saturated rings. The third-order valence-electron chi connectivity index (χ3n) is 2.13. The van der Waals surface area contributed by atoms with E-state index in [0.717, 1.165) is 5.56 Å². The Kier molecular flexibility index (Phi) is 5.41. The maximum atomic E-state index is 11.1. The van der Waals surface area contributed by atoms with Gasteiger partial charge >= 0.3 is 5.97 Å². The maximum absolute atomic E-state index is 11.1. The molecule has 0 aromatic heterocycles. The van der Waals surface area contributed by atoms with E-state index in [-0.39, 0.29) is 25.3 Å². The highest BCUT2D eigenvalue weighted by Crippen LogP contribution is 2.09. The van der Waals surface area contributed by atoms with Crippen molar-refractivity contribution in [3.8, 4) is 5.75 Å². The Morgan fingerprint density at radius 3 is 2.59 bits per heavy atom. The molecule has 0 aliphatic rings. The van der Waals surface area contributed by atoms with Gasteiger partial charge in [-0.05, 0) is 17.7 Å². The molecule has 0 spiro atoms. The Morgan fingerprint density at radius 2 is 2.00 bits per heavy atom. The van der Waals surface area contributed by atoms with Crippen LogP contribution in [-0.4, -0.2) is 29.4 Å². The van der Waals surface area contributed by atoms with Crippen LogP contribution in [0.2, 0.25) is 0 Å². The zero-order valence-electron chi connectivity index (χ0n) is 9.26. The van der Waals surface area contributed by atoms with E-state index >= 15 is 0 Å². The molecule has 1 atom stereocenters. The molecule has 17 heavy (non-hydrogen) atoms. The normalized spacial score (nSPS) is 12.1. The van der Waals surface area contributed by atoms with Crippen LogP contribution in [0.3, 0.4) is 0 Å². The van der Waals surface area contributed by atoms with Crippen LogP contribution < -0.4 is 5.23 Å². The molecular formula is C11H15NO5. The number of hydrogen-bond donors (Lipinski definition) is 3. The summed E-state index contributed by atoms with van der Waals surface area (Å²) < 4.78 is 4.86. The molecule has 0 aliphatic heterocycles. The number of phenols is 1. The summed E-state index contributed by atoms with van der Waals surface area (Å²) in [6, 6.07) is 6.59. The summed E-state index contributed by atoms with van der Waals surface area (Å²) in [6.45, 7) is 0.00126. The van der Waals surface area contributed by atoms with Crippen LogP contribution in [0, 0.1) is 5.21 Å². The zero-order valence-corrected chi connectivity index (χ0v) is 9.26. The predicted octanol–water partition coefficient (Wildman–Crippen LogP) is -0.360. The van der Waals surface area contributed by atoms with Gasteiger partial charge in [-0.1, -0.05) is 12.1 Å². The average Bonchev–Trinajstić information content (AvgIpc) is 2.29. The van der Waals surface area contributed by atoms with Crippen molar-refractivity contribution in [3.05, 3.63) is 35.0 Å². The zero-order chi connectivity index (χ0) is 12.7. The van der Waals surface area contributed by atoms with Crippen molar-refractivity contribution < 1.29 is 25.1 Å². The van der Waals surface area contributed by atoms with Crippen LogP contribution in [-0.2, 0) is 16.0 Å². The van der Waals surface area contributed by atoms with Crippen LogP contribution in [0.5, 0.6) is 5.75 Å². The second kappa shape index (κ2) is 6.85. The standard InChI is InChI=1S/C11H15NO5/c13-10-3-1-9(2-4-10)6-8-17-11(14)5-7-12(15)16/h1-4,12-13,15H,5-8H2. The lowest BCUT2D eigenvalue weighted by Crippen LogP contribution is -3.04. The molecule has 0 radical (unpaired) electrons. The fourth-order valence-corrected chi connectivity index (χ4v) is 1.23. The molecular weight excluding hydrogens is 226 g/mol. The van der Waals surface area contributed by atoms with Gasteiger partial charge in [0.05, 0.1) is 13.0 Å². The van der Waals surface area contributed by atoms with Crippen molar-refractivity contribution in [2.45, 2.75) is 12.8 Å². The summed E-state index contributed by atoms with van der Waals surface area (Å²) in [5.41, 5.74) is 0.939. The van der Waals surface area contributed by atoms with E-state index < -0.39 is 11.2 Å². The number of quaternary nitrogens is 1. The molecule has 94 valence electrons. The number of carbonyl (C=O) groups is 1. The fraction of sp³-hybridized carbons (Fsp3) is 0.364. The van der Waals surface area contributed by atoms with Crippen molar-refractivity contribution >= 4 is 5.97 Å².